The van der Waals surface area contributed by atoms with Crippen molar-refractivity contribution in [3.63, 3.8) is 0 Å². The quantitative estimate of drug-likeness (QED) is 0.770. The summed E-state index contributed by atoms with van der Waals surface area (Å²) in [5.41, 5.74) is 1.96. The van der Waals surface area contributed by atoms with Gasteiger partial charge < -0.3 is 10.1 Å². The Labute approximate surface area is 120 Å². The topological polar surface area (TPSA) is 75.1 Å². The average Bonchev–Trinajstić information content (AvgIpc) is 2.81. The Bertz CT molecular complexity index is 847. The number of aromatic amines is 1. The first kappa shape index (κ1) is 13.2. The minimum absolute atomic E-state index is 0.138. The lowest BCUT2D eigenvalue weighted by Gasteiger charge is -2.06. The molecule has 0 saturated heterocycles. The Balaban J connectivity index is 2.04. The number of carboxylic acid groups (broad SMARTS) is 1. The average molecular weight is 282 g/mol. The van der Waals surface area contributed by atoms with Gasteiger partial charge in [0.25, 0.3) is 0 Å². The number of para-hydroxylation sites is 1. The van der Waals surface area contributed by atoms with Gasteiger partial charge in [-0.3, -0.25) is 4.57 Å². The van der Waals surface area contributed by atoms with Crippen molar-refractivity contribution < 1.29 is 9.90 Å². The van der Waals surface area contributed by atoms with E-state index in [1.54, 1.807) is 12.1 Å². The Hall–Kier alpha value is -2.82. The first-order valence-electron chi connectivity index (χ1n) is 6.65. The maximum absolute atomic E-state index is 12.0. The molecule has 5 nitrogen and oxygen atoms in total. The maximum atomic E-state index is 12.0. The van der Waals surface area contributed by atoms with Gasteiger partial charge in [-0.1, -0.05) is 36.4 Å². The number of aryl methyl sites for hydroxylation is 2. The van der Waals surface area contributed by atoms with Gasteiger partial charge in [-0.15, -0.1) is 0 Å². The molecular weight excluding hydrogens is 268 g/mol. The zero-order valence-electron chi connectivity index (χ0n) is 11.2. The number of hydrogen-bond donors (Lipinski definition) is 2. The third kappa shape index (κ3) is 2.45. The van der Waals surface area contributed by atoms with Gasteiger partial charge in [0.2, 0.25) is 0 Å². The van der Waals surface area contributed by atoms with Crippen LogP contribution < -0.4 is 5.69 Å². The summed E-state index contributed by atoms with van der Waals surface area (Å²) in [5.74, 6) is -1.03. The van der Waals surface area contributed by atoms with Crippen LogP contribution in [0.15, 0.2) is 53.3 Å². The van der Waals surface area contributed by atoms with Gasteiger partial charge in [-0.2, -0.15) is 0 Å². The Morgan fingerprint density at radius 3 is 2.57 bits per heavy atom. The molecule has 0 aliphatic rings. The number of H-pyrrole nitrogens is 1. The molecule has 0 bridgehead atoms. The number of fused-ring (bicyclic) bond motifs is 1. The number of carboxylic acids is 1. The molecule has 0 spiro atoms. The van der Waals surface area contributed by atoms with Gasteiger partial charge in [0.05, 0.1) is 16.6 Å². The molecule has 1 heterocycles. The number of aromatic carboxylic acids is 1. The predicted molar refractivity (Wildman–Crippen MR) is 79.7 cm³/mol. The van der Waals surface area contributed by atoms with E-state index in [-0.39, 0.29) is 11.3 Å². The van der Waals surface area contributed by atoms with E-state index in [2.05, 4.69) is 4.98 Å². The van der Waals surface area contributed by atoms with Crippen molar-refractivity contribution in [3.05, 3.63) is 70.1 Å². The number of nitrogens with zero attached hydrogens (tertiary/aromatic N) is 1. The van der Waals surface area contributed by atoms with Crippen LogP contribution in [0, 0.1) is 0 Å². The lowest BCUT2D eigenvalue weighted by molar-refractivity contribution is 0.0698. The van der Waals surface area contributed by atoms with E-state index in [1.807, 2.05) is 30.3 Å². The fourth-order valence-corrected chi connectivity index (χ4v) is 2.49. The van der Waals surface area contributed by atoms with E-state index >= 15 is 0 Å². The number of imidazole rings is 1. The molecule has 21 heavy (non-hydrogen) atoms. The molecule has 1 aromatic heterocycles. The van der Waals surface area contributed by atoms with E-state index in [0.29, 0.717) is 24.0 Å². The Morgan fingerprint density at radius 2 is 1.86 bits per heavy atom. The lowest BCUT2D eigenvalue weighted by atomic mass is 10.1. The summed E-state index contributed by atoms with van der Waals surface area (Å²) in [7, 11) is 0. The van der Waals surface area contributed by atoms with Crippen molar-refractivity contribution in [1.29, 1.82) is 0 Å². The highest BCUT2D eigenvalue weighted by Gasteiger charge is 2.15. The molecule has 0 atom stereocenters. The van der Waals surface area contributed by atoms with Crippen molar-refractivity contribution in [2.45, 2.75) is 13.0 Å². The van der Waals surface area contributed by atoms with Gasteiger partial charge in [0.1, 0.15) is 0 Å². The van der Waals surface area contributed by atoms with Gasteiger partial charge in [-0.05, 0) is 24.1 Å². The van der Waals surface area contributed by atoms with Crippen molar-refractivity contribution in [1.82, 2.24) is 9.55 Å². The van der Waals surface area contributed by atoms with Gasteiger partial charge in [-0.25, -0.2) is 9.59 Å². The fourth-order valence-electron chi connectivity index (χ4n) is 2.49. The van der Waals surface area contributed by atoms with Crippen LogP contribution in [-0.4, -0.2) is 20.6 Å². The molecular formula is C16H14N2O3. The Morgan fingerprint density at radius 1 is 1.10 bits per heavy atom. The fraction of sp³-hybridized carbons (Fsp3) is 0.125. The van der Waals surface area contributed by atoms with Crippen LogP contribution >= 0.6 is 0 Å². The summed E-state index contributed by atoms with van der Waals surface area (Å²) in [6, 6.07) is 14.6. The van der Waals surface area contributed by atoms with E-state index in [4.69, 9.17) is 0 Å². The van der Waals surface area contributed by atoms with E-state index in [1.165, 1.54) is 10.6 Å². The highest BCUT2D eigenvalue weighted by atomic mass is 16.4. The predicted octanol–water partition coefficient (Wildman–Crippen LogP) is 2.27. The number of benzene rings is 2. The summed E-state index contributed by atoms with van der Waals surface area (Å²) in [4.78, 5) is 26.1. The second kappa shape index (κ2) is 5.28. The van der Waals surface area contributed by atoms with Gasteiger partial charge in [0.15, 0.2) is 0 Å². The number of rotatable bonds is 4. The molecule has 0 aliphatic heterocycles. The van der Waals surface area contributed by atoms with Crippen LogP contribution in [0.3, 0.4) is 0 Å². The summed E-state index contributed by atoms with van der Waals surface area (Å²) >= 11 is 0. The number of nitrogens with one attached hydrogen (secondary N) is 1. The Kier molecular flexibility index (Phi) is 3.31. The zero-order valence-corrected chi connectivity index (χ0v) is 11.2. The first-order chi connectivity index (χ1) is 10.2. The van der Waals surface area contributed by atoms with Crippen molar-refractivity contribution in [2.24, 2.45) is 0 Å². The first-order valence-corrected chi connectivity index (χ1v) is 6.65. The van der Waals surface area contributed by atoms with E-state index < -0.39 is 5.97 Å². The largest absolute Gasteiger partial charge is 0.478 e. The molecule has 3 aromatic rings. The second-order valence-electron chi connectivity index (χ2n) is 4.82. The normalized spacial score (nSPS) is 10.9. The molecule has 5 heteroatoms. The number of carbonyl (C=O) groups is 1. The maximum Gasteiger partial charge on any atom is 0.337 e. The number of aromatic nitrogens is 2. The standard InChI is InChI=1S/C16H14N2O3/c19-15(20)12-7-4-8-13-14(12)18(16(21)17-13)10-9-11-5-2-1-3-6-11/h1-8H,9-10H2,(H,17,21)(H,19,20). The van der Waals surface area contributed by atoms with Crippen LogP contribution in [-0.2, 0) is 13.0 Å². The van der Waals surface area contributed by atoms with Crippen molar-refractivity contribution in [3.8, 4) is 0 Å². The van der Waals surface area contributed by atoms with E-state index in [0.717, 1.165) is 5.56 Å². The van der Waals surface area contributed by atoms with Crippen LogP contribution in [0.2, 0.25) is 0 Å². The van der Waals surface area contributed by atoms with Gasteiger partial charge >= 0.3 is 11.7 Å². The summed E-state index contributed by atoms with van der Waals surface area (Å²) in [5, 5.41) is 9.27. The molecule has 0 fully saturated rings. The van der Waals surface area contributed by atoms with Crippen molar-refractivity contribution in [2.75, 3.05) is 0 Å². The van der Waals surface area contributed by atoms with Crippen molar-refractivity contribution >= 4 is 17.0 Å². The minimum atomic E-state index is -1.03. The van der Waals surface area contributed by atoms with Crippen LogP contribution in [0.25, 0.3) is 11.0 Å². The smallest absolute Gasteiger partial charge is 0.337 e. The summed E-state index contributed by atoms with van der Waals surface area (Å²) in [6.45, 7) is 0.438. The highest BCUT2D eigenvalue weighted by Crippen LogP contribution is 2.16. The number of hydrogen-bond acceptors (Lipinski definition) is 2. The van der Waals surface area contributed by atoms with Crippen LogP contribution in [0.4, 0.5) is 0 Å². The molecule has 2 aromatic carbocycles. The third-order valence-electron chi connectivity index (χ3n) is 3.49. The van der Waals surface area contributed by atoms with E-state index in [9.17, 15) is 14.7 Å². The van der Waals surface area contributed by atoms with Crippen LogP contribution in [0.5, 0.6) is 0 Å². The molecule has 0 radical (unpaired) electrons. The van der Waals surface area contributed by atoms with Gasteiger partial charge in [0, 0.05) is 6.54 Å². The molecule has 0 saturated carbocycles. The third-order valence-corrected chi connectivity index (χ3v) is 3.49. The highest BCUT2D eigenvalue weighted by molar-refractivity contribution is 6.01. The van der Waals surface area contributed by atoms with Crippen LogP contribution in [0.1, 0.15) is 15.9 Å². The molecule has 0 unspecified atom stereocenters. The SMILES string of the molecule is O=C(O)c1cccc2[nH]c(=O)n(CCc3ccccc3)c12. The molecule has 0 aliphatic carbocycles. The lowest BCUT2D eigenvalue weighted by Crippen LogP contribution is -2.19. The monoisotopic (exact) mass is 282 g/mol. The molecule has 2 N–H and O–H groups in total. The second-order valence-corrected chi connectivity index (χ2v) is 4.82. The zero-order chi connectivity index (χ0) is 14.8. The molecule has 106 valence electrons. The molecule has 0 amide bonds. The minimum Gasteiger partial charge on any atom is -0.478 e. The summed E-state index contributed by atoms with van der Waals surface area (Å²) < 4.78 is 1.49. The molecule has 3 rings (SSSR count). The summed E-state index contributed by atoms with van der Waals surface area (Å²) in [6.07, 6.45) is 0.668.